The molecule has 0 saturated carbocycles. The molecule has 0 bridgehead atoms. The van der Waals surface area contributed by atoms with E-state index in [2.05, 4.69) is 39.1 Å². The van der Waals surface area contributed by atoms with Crippen LogP contribution >= 0.6 is 0 Å². The number of ether oxygens (including phenoxy) is 1. The van der Waals surface area contributed by atoms with Crippen LogP contribution in [0.5, 0.6) is 0 Å². The van der Waals surface area contributed by atoms with Gasteiger partial charge in [-0.1, -0.05) is 24.3 Å². The first-order valence-electron chi connectivity index (χ1n) is 9.26. The number of nitrogens with zero attached hydrogens (tertiary/aromatic N) is 4. The second-order valence-corrected chi connectivity index (χ2v) is 7.13. The molecule has 2 amide bonds. The van der Waals surface area contributed by atoms with E-state index in [-0.39, 0.29) is 18.2 Å². The van der Waals surface area contributed by atoms with Gasteiger partial charge in [0, 0.05) is 13.0 Å². The summed E-state index contributed by atoms with van der Waals surface area (Å²) in [6.45, 7) is 6.53. The van der Waals surface area contributed by atoms with E-state index in [1.165, 1.54) is 5.56 Å². The fraction of sp³-hybridized carbons (Fsp3) is 0.526. The molecule has 0 unspecified atom stereocenters. The van der Waals surface area contributed by atoms with Gasteiger partial charge < -0.3 is 19.5 Å². The van der Waals surface area contributed by atoms with Crippen LogP contribution in [0, 0.1) is 6.92 Å². The van der Waals surface area contributed by atoms with Crippen LogP contribution in [-0.4, -0.2) is 44.9 Å². The third-order valence-corrected chi connectivity index (χ3v) is 5.31. The number of aryl methyl sites for hydroxylation is 2. The molecule has 1 saturated heterocycles. The Bertz CT molecular complexity index is 803. The predicted octanol–water partition coefficient (Wildman–Crippen LogP) is 2.20. The minimum atomic E-state index is -0.0875. The van der Waals surface area contributed by atoms with Gasteiger partial charge in [-0.2, -0.15) is 0 Å². The number of rotatable bonds is 3. The number of nitrogens with one attached hydrogen (secondary N) is 1. The first-order valence-corrected chi connectivity index (χ1v) is 9.26. The van der Waals surface area contributed by atoms with Crippen molar-refractivity contribution >= 4 is 6.03 Å². The number of carbonyl (C=O) groups is 1. The number of urea groups is 1. The molecule has 2 atom stereocenters. The van der Waals surface area contributed by atoms with Crippen molar-refractivity contribution in [1.29, 1.82) is 0 Å². The first-order chi connectivity index (χ1) is 12.6. The highest BCUT2D eigenvalue weighted by Crippen LogP contribution is 2.27. The monoisotopic (exact) mass is 355 g/mol. The fourth-order valence-corrected chi connectivity index (χ4v) is 3.77. The number of hydrogen-bond acceptors (Lipinski definition) is 4. The Morgan fingerprint density at radius 1 is 1.35 bits per heavy atom. The van der Waals surface area contributed by atoms with E-state index in [4.69, 9.17) is 4.74 Å². The molecule has 138 valence electrons. The lowest BCUT2D eigenvalue weighted by Gasteiger charge is -2.38. The highest BCUT2D eigenvalue weighted by Gasteiger charge is 2.31. The quantitative estimate of drug-likeness (QED) is 0.916. The minimum Gasteiger partial charge on any atom is -0.370 e. The third-order valence-electron chi connectivity index (χ3n) is 5.31. The van der Waals surface area contributed by atoms with Gasteiger partial charge in [0.25, 0.3) is 0 Å². The van der Waals surface area contributed by atoms with Crippen LogP contribution in [0.3, 0.4) is 0 Å². The maximum absolute atomic E-state index is 12.8. The van der Waals surface area contributed by atoms with Crippen LogP contribution in [0.1, 0.15) is 42.2 Å². The number of morpholine rings is 1. The molecule has 1 N–H and O–H groups in total. The van der Waals surface area contributed by atoms with E-state index in [1.54, 1.807) is 0 Å². The first kappa shape index (κ1) is 17.0. The topological polar surface area (TPSA) is 72.3 Å². The lowest BCUT2D eigenvalue weighted by molar-refractivity contribution is -0.0431. The SMILES string of the molecule is Cc1ccccc1[C@@H]1CN(C(=O)NCc2nnc3n2CCC3)[C@H](C)CO1. The van der Waals surface area contributed by atoms with Crippen molar-refractivity contribution in [3.63, 3.8) is 0 Å². The molecule has 2 aliphatic heterocycles. The maximum atomic E-state index is 12.8. The van der Waals surface area contributed by atoms with Crippen molar-refractivity contribution in [2.24, 2.45) is 0 Å². The van der Waals surface area contributed by atoms with Crippen LogP contribution < -0.4 is 5.32 Å². The number of benzene rings is 1. The zero-order valence-corrected chi connectivity index (χ0v) is 15.3. The van der Waals surface area contributed by atoms with Gasteiger partial charge in [-0.25, -0.2) is 4.79 Å². The molecule has 0 spiro atoms. The summed E-state index contributed by atoms with van der Waals surface area (Å²) >= 11 is 0. The lowest BCUT2D eigenvalue weighted by Crippen LogP contribution is -2.52. The molecule has 1 aromatic heterocycles. The van der Waals surface area contributed by atoms with Crippen LogP contribution in [0.25, 0.3) is 0 Å². The number of fused-ring (bicyclic) bond motifs is 1. The number of carbonyl (C=O) groups excluding carboxylic acids is 1. The summed E-state index contributed by atoms with van der Waals surface area (Å²) in [5.74, 6) is 1.86. The van der Waals surface area contributed by atoms with Gasteiger partial charge in [-0.3, -0.25) is 0 Å². The smallest absolute Gasteiger partial charge is 0.318 e. The van der Waals surface area contributed by atoms with Crippen LogP contribution in [-0.2, 0) is 24.2 Å². The van der Waals surface area contributed by atoms with Crippen molar-refractivity contribution < 1.29 is 9.53 Å². The van der Waals surface area contributed by atoms with Gasteiger partial charge in [-0.05, 0) is 31.4 Å². The summed E-state index contributed by atoms with van der Waals surface area (Å²) in [6.07, 6.45) is 1.99. The predicted molar refractivity (Wildman–Crippen MR) is 96.6 cm³/mol. The molecule has 2 aliphatic rings. The highest BCUT2D eigenvalue weighted by atomic mass is 16.5. The van der Waals surface area contributed by atoms with Crippen molar-refractivity contribution in [3.05, 3.63) is 47.0 Å². The van der Waals surface area contributed by atoms with E-state index in [0.29, 0.717) is 19.7 Å². The number of aromatic nitrogens is 3. The van der Waals surface area contributed by atoms with Crippen molar-refractivity contribution in [2.45, 2.75) is 51.9 Å². The van der Waals surface area contributed by atoms with E-state index in [9.17, 15) is 4.79 Å². The molecule has 0 radical (unpaired) electrons. The van der Waals surface area contributed by atoms with E-state index >= 15 is 0 Å². The molecule has 1 aromatic carbocycles. The van der Waals surface area contributed by atoms with Gasteiger partial charge in [0.05, 0.1) is 25.7 Å². The van der Waals surface area contributed by atoms with Gasteiger partial charge in [-0.15, -0.1) is 10.2 Å². The van der Waals surface area contributed by atoms with Crippen LogP contribution in [0.15, 0.2) is 24.3 Å². The molecule has 26 heavy (non-hydrogen) atoms. The van der Waals surface area contributed by atoms with Crippen molar-refractivity contribution in [1.82, 2.24) is 25.0 Å². The zero-order valence-electron chi connectivity index (χ0n) is 15.3. The average molecular weight is 355 g/mol. The van der Waals surface area contributed by atoms with Gasteiger partial charge in [0.1, 0.15) is 11.9 Å². The van der Waals surface area contributed by atoms with Crippen molar-refractivity contribution in [2.75, 3.05) is 13.2 Å². The molecular formula is C19H25N5O2. The zero-order chi connectivity index (χ0) is 18.1. The second-order valence-electron chi connectivity index (χ2n) is 7.13. The molecule has 1 fully saturated rings. The summed E-state index contributed by atoms with van der Waals surface area (Å²) < 4.78 is 8.11. The Labute approximate surface area is 153 Å². The van der Waals surface area contributed by atoms with Gasteiger partial charge >= 0.3 is 6.03 Å². The van der Waals surface area contributed by atoms with Gasteiger partial charge in [0.15, 0.2) is 5.82 Å². The Morgan fingerprint density at radius 2 is 2.19 bits per heavy atom. The molecule has 7 heteroatoms. The molecule has 7 nitrogen and oxygen atoms in total. The Balaban J connectivity index is 1.42. The summed E-state index contributed by atoms with van der Waals surface area (Å²) in [6, 6.07) is 8.15. The van der Waals surface area contributed by atoms with E-state index < -0.39 is 0 Å². The fourth-order valence-electron chi connectivity index (χ4n) is 3.77. The summed E-state index contributed by atoms with van der Waals surface area (Å²) in [5, 5.41) is 11.4. The Hall–Kier alpha value is -2.41. The minimum absolute atomic E-state index is 0.0411. The third kappa shape index (κ3) is 3.19. The second kappa shape index (κ2) is 7.07. The van der Waals surface area contributed by atoms with E-state index in [0.717, 1.165) is 36.6 Å². The molecular weight excluding hydrogens is 330 g/mol. The lowest BCUT2D eigenvalue weighted by atomic mass is 10.0. The molecule has 2 aromatic rings. The Morgan fingerprint density at radius 3 is 3.04 bits per heavy atom. The van der Waals surface area contributed by atoms with Crippen LogP contribution in [0.4, 0.5) is 4.79 Å². The molecule has 3 heterocycles. The van der Waals surface area contributed by atoms with Crippen LogP contribution in [0.2, 0.25) is 0 Å². The summed E-state index contributed by atoms with van der Waals surface area (Å²) in [5.41, 5.74) is 2.33. The summed E-state index contributed by atoms with van der Waals surface area (Å²) in [7, 11) is 0. The average Bonchev–Trinajstić information content (AvgIpc) is 3.25. The van der Waals surface area contributed by atoms with Gasteiger partial charge in [0.2, 0.25) is 0 Å². The standard InChI is InChI=1S/C19H25N5O2/c1-13-6-3-4-7-15(13)16-11-24(14(2)12-26-16)19(25)20-10-18-22-21-17-8-5-9-23(17)18/h3-4,6-7,14,16H,5,8-12H2,1-2H3,(H,20,25)/t14-,16+/m1/s1. The highest BCUT2D eigenvalue weighted by molar-refractivity contribution is 5.74. The number of amides is 2. The maximum Gasteiger partial charge on any atom is 0.318 e. The summed E-state index contributed by atoms with van der Waals surface area (Å²) in [4.78, 5) is 14.6. The largest absolute Gasteiger partial charge is 0.370 e. The Kier molecular flexibility index (Phi) is 4.63. The molecule has 0 aliphatic carbocycles. The van der Waals surface area contributed by atoms with E-state index in [1.807, 2.05) is 24.0 Å². The molecule has 4 rings (SSSR count). The van der Waals surface area contributed by atoms with Crippen molar-refractivity contribution in [3.8, 4) is 0 Å². The normalized spacial score (nSPS) is 22.3. The number of hydrogen-bond donors (Lipinski definition) is 1.